The molecule has 0 atom stereocenters. The number of likely N-dealkylation sites (N-methyl/N-ethyl adjacent to an activating group) is 1. The van der Waals surface area contributed by atoms with E-state index in [0.717, 1.165) is 0 Å². The average Bonchev–Trinajstić information content (AvgIpc) is 2.68. The summed E-state index contributed by atoms with van der Waals surface area (Å²) in [5, 5.41) is 5.15. The van der Waals surface area contributed by atoms with Crippen LogP contribution < -0.4 is 16.4 Å². The van der Waals surface area contributed by atoms with Crippen LogP contribution in [0.15, 0.2) is 12.3 Å². The number of hydrogen-bond donors (Lipinski definition) is 3. The Morgan fingerprint density at radius 2 is 2.06 bits per heavy atom. The van der Waals surface area contributed by atoms with Crippen molar-refractivity contribution in [1.29, 1.82) is 0 Å². The fourth-order valence-electron chi connectivity index (χ4n) is 1.50. The zero-order chi connectivity index (χ0) is 12.8. The number of amides is 2. The number of aromatic nitrogens is 1. The molecule has 0 unspecified atom stereocenters. The fourth-order valence-corrected chi connectivity index (χ4v) is 1.50. The first-order valence-corrected chi connectivity index (χ1v) is 5.59. The number of aryl methyl sites for hydroxylation is 1. The first kappa shape index (κ1) is 13.1. The van der Waals surface area contributed by atoms with Crippen molar-refractivity contribution in [2.24, 2.45) is 0 Å². The number of carbonyl (C=O) groups excluding carboxylic acids is 2. The molecule has 17 heavy (non-hydrogen) atoms. The number of nitrogens with zero attached hydrogens (tertiary/aromatic N) is 1. The lowest BCUT2D eigenvalue weighted by Crippen LogP contribution is -2.37. The number of anilines is 1. The summed E-state index contributed by atoms with van der Waals surface area (Å²) < 4.78 is 1.74. The van der Waals surface area contributed by atoms with Crippen molar-refractivity contribution in [1.82, 2.24) is 15.2 Å². The Bertz CT molecular complexity index is 412. The molecule has 1 rings (SSSR count). The van der Waals surface area contributed by atoms with Crippen molar-refractivity contribution in [3.8, 4) is 0 Å². The summed E-state index contributed by atoms with van der Waals surface area (Å²) in [7, 11) is 0. The van der Waals surface area contributed by atoms with E-state index in [1.165, 1.54) is 0 Å². The number of nitrogens with one attached hydrogen (secondary N) is 2. The number of rotatable bonds is 5. The predicted molar refractivity (Wildman–Crippen MR) is 65.5 cm³/mol. The number of hydrogen-bond acceptors (Lipinski definition) is 3. The molecule has 0 aliphatic carbocycles. The second-order valence-electron chi connectivity index (χ2n) is 3.58. The Morgan fingerprint density at radius 3 is 2.65 bits per heavy atom. The minimum absolute atomic E-state index is 0.0263. The third-order valence-corrected chi connectivity index (χ3v) is 2.27. The van der Waals surface area contributed by atoms with Gasteiger partial charge in [-0.05, 0) is 19.9 Å². The van der Waals surface area contributed by atoms with E-state index in [9.17, 15) is 9.59 Å². The summed E-state index contributed by atoms with van der Waals surface area (Å²) in [6, 6.07) is 1.59. The van der Waals surface area contributed by atoms with Gasteiger partial charge in [0.2, 0.25) is 5.91 Å². The third-order valence-electron chi connectivity index (χ3n) is 2.27. The van der Waals surface area contributed by atoms with Gasteiger partial charge in [-0.3, -0.25) is 9.59 Å². The minimum atomic E-state index is -0.296. The molecule has 0 saturated heterocycles. The molecule has 0 aromatic carbocycles. The van der Waals surface area contributed by atoms with Crippen molar-refractivity contribution in [3.63, 3.8) is 0 Å². The summed E-state index contributed by atoms with van der Waals surface area (Å²) in [4.78, 5) is 23.0. The zero-order valence-electron chi connectivity index (χ0n) is 10.1. The summed E-state index contributed by atoms with van der Waals surface area (Å²) in [5.74, 6) is -0.502. The largest absolute Gasteiger partial charge is 0.397 e. The van der Waals surface area contributed by atoms with Gasteiger partial charge in [0.25, 0.3) is 5.91 Å². The van der Waals surface area contributed by atoms with Gasteiger partial charge >= 0.3 is 0 Å². The monoisotopic (exact) mass is 238 g/mol. The first-order valence-electron chi connectivity index (χ1n) is 5.59. The molecule has 94 valence electrons. The lowest BCUT2D eigenvalue weighted by atomic mass is 10.3. The molecular formula is C11H18N4O2. The van der Waals surface area contributed by atoms with Crippen LogP contribution in [0.4, 0.5) is 5.69 Å². The molecule has 4 N–H and O–H groups in total. The van der Waals surface area contributed by atoms with Gasteiger partial charge < -0.3 is 20.9 Å². The van der Waals surface area contributed by atoms with E-state index < -0.39 is 0 Å². The molecule has 0 bridgehead atoms. The first-order chi connectivity index (χ1) is 8.08. The maximum absolute atomic E-state index is 11.8. The highest BCUT2D eigenvalue weighted by atomic mass is 16.2. The molecule has 2 amide bonds. The van der Waals surface area contributed by atoms with Crippen molar-refractivity contribution >= 4 is 17.5 Å². The standard InChI is InChI=1S/C11H18N4O2/c1-3-13-10(16)6-14-11(17)9-5-8(12)7-15(9)4-2/h5,7H,3-4,6,12H2,1-2H3,(H,13,16)(H,14,17). The third kappa shape index (κ3) is 3.51. The molecule has 0 spiro atoms. The lowest BCUT2D eigenvalue weighted by molar-refractivity contribution is -0.120. The molecule has 1 aromatic rings. The lowest BCUT2D eigenvalue weighted by Gasteiger charge is -2.07. The van der Waals surface area contributed by atoms with Crippen molar-refractivity contribution in [3.05, 3.63) is 18.0 Å². The van der Waals surface area contributed by atoms with E-state index >= 15 is 0 Å². The quantitative estimate of drug-likeness (QED) is 0.672. The molecule has 6 nitrogen and oxygen atoms in total. The van der Waals surface area contributed by atoms with Crippen molar-refractivity contribution in [2.75, 3.05) is 18.8 Å². The summed E-state index contributed by atoms with van der Waals surface area (Å²) >= 11 is 0. The Balaban J connectivity index is 2.60. The van der Waals surface area contributed by atoms with Crippen LogP contribution in [-0.4, -0.2) is 29.5 Å². The Labute approximate surface area is 100 Å². The van der Waals surface area contributed by atoms with Crippen LogP contribution in [0.2, 0.25) is 0 Å². The molecular weight excluding hydrogens is 220 g/mol. The highest BCUT2D eigenvalue weighted by molar-refractivity contribution is 5.96. The van der Waals surface area contributed by atoms with Gasteiger partial charge in [0, 0.05) is 19.3 Å². The van der Waals surface area contributed by atoms with E-state index in [4.69, 9.17) is 5.73 Å². The van der Waals surface area contributed by atoms with Crippen LogP contribution in [-0.2, 0) is 11.3 Å². The average molecular weight is 238 g/mol. The Hall–Kier alpha value is -1.98. The van der Waals surface area contributed by atoms with Gasteiger partial charge in [-0.1, -0.05) is 0 Å². The van der Waals surface area contributed by atoms with Gasteiger partial charge in [-0.15, -0.1) is 0 Å². The second kappa shape index (κ2) is 5.93. The maximum atomic E-state index is 11.8. The molecule has 0 radical (unpaired) electrons. The SMILES string of the molecule is CCNC(=O)CNC(=O)c1cc(N)cn1CC. The molecule has 6 heteroatoms. The Morgan fingerprint density at radius 1 is 1.35 bits per heavy atom. The number of nitrogens with two attached hydrogens (primary N) is 1. The van der Waals surface area contributed by atoms with Crippen LogP contribution in [0, 0.1) is 0 Å². The van der Waals surface area contributed by atoms with Crippen LogP contribution >= 0.6 is 0 Å². The van der Waals surface area contributed by atoms with Crippen LogP contribution in [0.3, 0.4) is 0 Å². The number of nitrogen functional groups attached to an aromatic ring is 1. The van der Waals surface area contributed by atoms with Gasteiger partial charge in [0.15, 0.2) is 0 Å². The van der Waals surface area contributed by atoms with Crippen LogP contribution in [0.1, 0.15) is 24.3 Å². The smallest absolute Gasteiger partial charge is 0.268 e. The van der Waals surface area contributed by atoms with Crippen molar-refractivity contribution < 1.29 is 9.59 Å². The summed E-state index contributed by atoms with van der Waals surface area (Å²) in [6.45, 7) is 4.91. The van der Waals surface area contributed by atoms with Crippen molar-refractivity contribution in [2.45, 2.75) is 20.4 Å². The molecule has 1 aromatic heterocycles. The van der Waals surface area contributed by atoms with E-state index in [-0.39, 0.29) is 18.4 Å². The van der Waals surface area contributed by atoms with Gasteiger partial charge in [0.1, 0.15) is 5.69 Å². The highest BCUT2D eigenvalue weighted by Gasteiger charge is 2.12. The van der Waals surface area contributed by atoms with E-state index in [0.29, 0.717) is 24.5 Å². The Kier molecular flexibility index (Phi) is 4.56. The zero-order valence-corrected chi connectivity index (χ0v) is 10.1. The molecule has 0 saturated carbocycles. The van der Waals surface area contributed by atoms with Gasteiger partial charge in [-0.25, -0.2) is 0 Å². The summed E-state index contributed by atoms with van der Waals surface area (Å²) in [6.07, 6.45) is 1.70. The fraction of sp³-hybridized carbons (Fsp3) is 0.455. The minimum Gasteiger partial charge on any atom is -0.397 e. The molecule has 0 aliphatic heterocycles. The van der Waals surface area contributed by atoms with E-state index in [1.807, 2.05) is 13.8 Å². The summed E-state index contributed by atoms with van der Waals surface area (Å²) in [5.41, 5.74) is 6.62. The molecule has 0 fully saturated rings. The van der Waals surface area contributed by atoms with Crippen LogP contribution in [0.5, 0.6) is 0 Å². The van der Waals surface area contributed by atoms with Gasteiger partial charge in [0.05, 0.1) is 12.2 Å². The van der Waals surface area contributed by atoms with E-state index in [2.05, 4.69) is 10.6 Å². The van der Waals surface area contributed by atoms with E-state index in [1.54, 1.807) is 16.8 Å². The molecule has 1 heterocycles. The van der Waals surface area contributed by atoms with Gasteiger partial charge in [-0.2, -0.15) is 0 Å². The predicted octanol–water partition coefficient (Wildman–Crippen LogP) is -0.0439. The maximum Gasteiger partial charge on any atom is 0.268 e. The van der Waals surface area contributed by atoms with Crippen LogP contribution in [0.25, 0.3) is 0 Å². The molecule has 0 aliphatic rings. The normalized spacial score (nSPS) is 10.0. The number of carbonyl (C=O) groups is 2. The second-order valence-corrected chi connectivity index (χ2v) is 3.58. The topological polar surface area (TPSA) is 89.2 Å². The highest BCUT2D eigenvalue weighted by Crippen LogP contribution is 2.10.